The molecule has 4 aliphatic rings. The van der Waals surface area contributed by atoms with Crippen molar-refractivity contribution in [2.45, 2.75) is 68.0 Å². The van der Waals surface area contributed by atoms with Gasteiger partial charge in [-0.3, -0.25) is 14.4 Å². The molecule has 2 heterocycles. The van der Waals surface area contributed by atoms with Gasteiger partial charge >= 0.3 is 0 Å². The van der Waals surface area contributed by atoms with Gasteiger partial charge in [0, 0.05) is 50.9 Å². The molecule has 2 saturated carbocycles. The summed E-state index contributed by atoms with van der Waals surface area (Å²) >= 11 is 0. The van der Waals surface area contributed by atoms with Crippen LogP contribution >= 0.6 is 0 Å². The molecule has 46 heavy (non-hydrogen) atoms. The Morgan fingerprint density at radius 1 is 0.978 bits per heavy atom. The molecule has 0 bridgehead atoms. The van der Waals surface area contributed by atoms with E-state index in [9.17, 15) is 19.6 Å². The Morgan fingerprint density at radius 2 is 1.59 bits per heavy atom. The van der Waals surface area contributed by atoms with Crippen LogP contribution in [0.2, 0.25) is 0 Å². The van der Waals surface area contributed by atoms with Crippen molar-refractivity contribution in [2.24, 2.45) is 5.92 Å². The zero-order valence-corrected chi connectivity index (χ0v) is 26.7. The Bertz CT molecular complexity index is 1680. The molecular weight excluding hydrogens is 582 g/mol. The topological polar surface area (TPSA) is 151 Å². The summed E-state index contributed by atoms with van der Waals surface area (Å²) in [7, 11) is 6.96. The second-order valence-electron chi connectivity index (χ2n) is 13.8. The first-order chi connectivity index (χ1) is 22.1. The SMILES string of the molecule is CN(C)C(=O)c1ccc2c(c1)CCc1cc(C(=O)N(C)C)ccc1C2(CC1(NCC(=O)N2C(C#N)C[C@@H]3C[C@@H]32)CC1)c1nn[nH]n1. The molecule has 3 atom stereocenters. The first kappa shape index (κ1) is 30.0. The van der Waals surface area contributed by atoms with Crippen molar-refractivity contribution in [2.75, 3.05) is 34.7 Å². The van der Waals surface area contributed by atoms with Crippen molar-refractivity contribution in [3.8, 4) is 6.07 Å². The Kier molecular flexibility index (Phi) is 7.20. The van der Waals surface area contributed by atoms with E-state index in [0.717, 1.165) is 47.9 Å². The van der Waals surface area contributed by atoms with Crippen LogP contribution in [0.1, 0.15) is 80.9 Å². The quantitative estimate of drug-likeness (QED) is 0.388. The zero-order chi connectivity index (χ0) is 32.4. The Hall–Kier alpha value is -4.63. The Balaban J connectivity index is 1.32. The molecule has 1 aliphatic heterocycles. The molecule has 7 rings (SSSR count). The van der Waals surface area contributed by atoms with Crippen molar-refractivity contribution < 1.29 is 14.4 Å². The second-order valence-corrected chi connectivity index (χ2v) is 13.8. The van der Waals surface area contributed by atoms with Crippen LogP contribution < -0.4 is 5.32 Å². The normalized spacial score (nSPS) is 22.8. The molecule has 3 aliphatic carbocycles. The van der Waals surface area contributed by atoms with Gasteiger partial charge < -0.3 is 20.0 Å². The molecule has 0 radical (unpaired) electrons. The molecule has 3 fully saturated rings. The fraction of sp³-hybridized carbons (Fsp3) is 0.500. The van der Waals surface area contributed by atoms with Crippen LogP contribution in [0.15, 0.2) is 36.4 Å². The highest BCUT2D eigenvalue weighted by Gasteiger charge is 2.57. The number of hydrogen-bond acceptors (Lipinski definition) is 8. The van der Waals surface area contributed by atoms with Gasteiger partial charge in [-0.1, -0.05) is 17.3 Å². The van der Waals surface area contributed by atoms with Crippen LogP contribution in [0.4, 0.5) is 0 Å². The summed E-state index contributed by atoms with van der Waals surface area (Å²) < 4.78 is 0. The molecular formula is C34H39N9O3. The maximum absolute atomic E-state index is 13.5. The van der Waals surface area contributed by atoms with Crippen LogP contribution in [-0.2, 0) is 23.1 Å². The molecule has 3 aromatic rings. The molecule has 12 nitrogen and oxygen atoms in total. The lowest BCUT2D eigenvalue weighted by Gasteiger charge is -2.38. The number of benzene rings is 2. The average molecular weight is 622 g/mol. The number of carbonyl (C=O) groups is 3. The van der Waals surface area contributed by atoms with E-state index in [1.54, 1.807) is 42.9 Å². The molecule has 238 valence electrons. The lowest BCUT2D eigenvalue weighted by molar-refractivity contribution is -0.131. The molecule has 0 spiro atoms. The number of nitrogens with one attached hydrogen (secondary N) is 2. The van der Waals surface area contributed by atoms with Gasteiger partial charge in [0.15, 0.2) is 5.82 Å². The Morgan fingerprint density at radius 3 is 2.09 bits per heavy atom. The largest absolute Gasteiger partial charge is 0.345 e. The number of likely N-dealkylation sites (tertiary alicyclic amines) is 1. The highest BCUT2D eigenvalue weighted by Crippen LogP contribution is 2.54. The molecule has 12 heteroatoms. The van der Waals surface area contributed by atoms with Crippen LogP contribution in [0.25, 0.3) is 0 Å². The maximum atomic E-state index is 13.5. The second kappa shape index (κ2) is 11.0. The van der Waals surface area contributed by atoms with E-state index in [-0.39, 0.29) is 36.3 Å². The highest BCUT2D eigenvalue weighted by atomic mass is 16.2. The van der Waals surface area contributed by atoms with Gasteiger partial charge in [0.1, 0.15) is 6.04 Å². The molecule has 1 aromatic heterocycles. The number of nitrogens with zero attached hydrogens (tertiary/aromatic N) is 7. The van der Waals surface area contributed by atoms with Gasteiger partial charge in [0.25, 0.3) is 11.8 Å². The fourth-order valence-corrected chi connectivity index (χ4v) is 7.84. The van der Waals surface area contributed by atoms with Crippen molar-refractivity contribution >= 4 is 17.7 Å². The third-order valence-corrected chi connectivity index (χ3v) is 10.4. The van der Waals surface area contributed by atoms with E-state index in [0.29, 0.717) is 42.1 Å². The van der Waals surface area contributed by atoms with E-state index in [1.807, 2.05) is 36.4 Å². The lowest BCUT2D eigenvalue weighted by Crippen LogP contribution is -2.48. The summed E-state index contributed by atoms with van der Waals surface area (Å²) in [6, 6.07) is 13.9. The summed E-state index contributed by atoms with van der Waals surface area (Å²) in [5.74, 6) is 0.764. The summed E-state index contributed by atoms with van der Waals surface area (Å²) in [6.45, 7) is 0.149. The predicted octanol–water partition coefficient (Wildman–Crippen LogP) is 2.06. The number of aromatic amines is 1. The number of hydrogen-bond donors (Lipinski definition) is 2. The number of fused-ring (bicyclic) bond motifs is 3. The van der Waals surface area contributed by atoms with E-state index in [1.165, 1.54) is 0 Å². The van der Waals surface area contributed by atoms with Crippen molar-refractivity contribution in [1.82, 2.24) is 40.6 Å². The Labute approximate surface area is 268 Å². The van der Waals surface area contributed by atoms with E-state index >= 15 is 0 Å². The molecule has 1 unspecified atom stereocenters. The lowest BCUT2D eigenvalue weighted by atomic mass is 9.67. The zero-order valence-electron chi connectivity index (χ0n) is 26.7. The monoisotopic (exact) mass is 621 g/mol. The molecule has 1 saturated heterocycles. The van der Waals surface area contributed by atoms with Gasteiger partial charge in [-0.2, -0.15) is 10.5 Å². The number of carbonyl (C=O) groups excluding carboxylic acids is 3. The maximum Gasteiger partial charge on any atom is 0.253 e. The van der Waals surface area contributed by atoms with E-state index in [2.05, 4.69) is 32.0 Å². The summed E-state index contributed by atoms with van der Waals surface area (Å²) in [5.41, 5.74) is 3.91. The predicted molar refractivity (Wildman–Crippen MR) is 168 cm³/mol. The van der Waals surface area contributed by atoms with Gasteiger partial charge in [0.05, 0.1) is 18.0 Å². The summed E-state index contributed by atoms with van der Waals surface area (Å²) in [5, 5.41) is 29.1. The van der Waals surface area contributed by atoms with Crippen molar-refractivity contribution in [3.05, 3.63) is 75.6 Å². The third-order valence-electron chi connectivity index (χ3n) is 10.4. The number of aromatic nitrogens is 4. The number of nitriles is 1. The van der Waals surface area contributed by atoms with Crippen LogP contribution in [0.5, 0.6) is 0 Å². The number of H-pyrrole nitrogens is 1. The highest BCUT2D eigenvalue weighted by molar-refractivity contribution is 5.95. The fourth-order valence-electron chi connectivity index (χ4n) is 7.84. The minimum Gasteiger partial charge on any atom is -0.345 e. The van der Waals surface area contributed by atoms with Gasteiger partial charge in [-0.15, -0.1) is 10.2 Å². The molecule has 2 N–H and O–H groups in total. The molecule has 3 amide bonds. The average Bonchev–Trinajstić information content (AvgIpc) is 3.90. The smallest absolute Gasteiger partial charge is 0.253 e. The minimum absolute atomic E-state index is 0.0308. The number of rotatable bonds is 8. The first-order valence-corrected chi connectivity index (χ1v) is 16.0. The van der Waals surface area contributed by atoms with E-state index < -0.39 is 11.0 Å². The van der Waals surface area contributed by atoms with Gasteiger partial charge in [-0.05, 0) is 97.4 Å². The van der Waals surface area contributed by atoms with Crippen LogP contribution in [-0.4, -0.2) is 105 Å². The summed E-state index contributed by atoms with van der Waals surface area (Å²) in [4.78, 5) is 44.5. The standard InChI is InChI=1S/C34H39N9O3/c1-41(2)30(45)22-7-9-26-20(13-22)5-6-21-14-23(31(46)42(3)4)8-10-27(21)34(26,32-37-39-40-38-32)19-33(11-12-33)36-18-29(44)43-25(17-35)15-24-16-28(24)43/h7-10,13-14,24-25,28,36H,5-6,11-12,15-16,18-19H2,1-4H3,(H,37,38,39,40)/t24-,25?,28+/m1/s1. The number of amides is 3. The number of aryl methyl sites for hydroxylation is 2. The van der Waals surface area contributed by atoms with Crippen molar-refractivity contribution in [1.29, 1.82) is 5.26 Å². The summed E-state index contributed by atoms with van der Waals surface area (Å²) in [6.07, 6.45) is 5.31. The van der Waals surface area contributed by atoms with E-state index in [4.69, 9.17) is 0 Å². The third kappa shape index (κ3) is 4.94. The minimum atomic E-state index is -0.884. The number of piperidine rings is 1. The van der Waals surface area contributed by atoms with Crippen molar-refractivity contribution in [3.63, 3.8) is 0 Å². The van der Waals surface area contributed by atoms with Crippen LogP contribution in [0, 0.1) is 17.2 Å². The van der Waals surface area contributed by atoms with Gasteiger partial charge in [0.2, 0.25) is 5.91 Å². The first-order valence-electron chi connectivity index (χ1n) is 16.0. The van der Waals surface area contributed by atoms with Crippen LogP contribution in [0.3, 0.4) is 0 Å². The number of tetrazole rings is 1. The van der Waals surface area contributed by atoms with Gasteiger partial charge in [-0.25, -0.2) is 0 Å². The molecule has 2 aromatic carbocycles.